The van der Waals surface area contributed by atoms with E-state index in [1.165, 1.54) is 18.7 Å². The first-order valence-corrected chi connectivity index (χ1v) is 6.01. The maximum Gasteiger partial charge on any atom is 0.186 e. The summed E-state index contributed by atoms with van der Waals surface area (Å²) in [5, 5.41) is 9.73. The topological polar surface area (TPSA) is 37.3 Å². The van der Waals surface area contributed by atoms with E-state index in [9.17, 15) is 4.79 Å². The van der Waals surface area contributed by atoms with Crippen molar-refractivity contribution in [2.75, 3.05) is 5.75 Å². The Labute approximate surface area is 104 Å². The van der Waals surface area contributed by atoms with Crippen LogP contribution < -0.4 is 0 Å². The smallest absolute Gasteiger partial charge is 0.186 e. The van der Waals surface area contributed by atoms with E-state index in [0.29, 0.717) is 16.3 Å². The summed E-state index contributed by atoms with van der Waals surface area (Å²) >= 11 is 6.96. The van der Waals surface area contributed by atoms with Gasteiger partial charge in [-0.15, -0.1) is 0 Å². The van der Waals surface area contributed by atoms with Crippen LogP contribution in [-0.2, 0) is 11.4 Å². The number of hydrogen-bond acceptors (Lipinski definition) is 3. The molecule has 4 heteroatoms. The van der Waals surface area contributed by atoms with Crippen LogP contribution in [0.5, 0.6) is 0 Å². The third-order valence-corrected chi connectivity index (χ3v) is 2.74. The number of carbonyl (C=O) groups is 1. The number of carbonyl (C=O) groups excluding carboxylic acids is 1. The maximum atomic E-state index is 10.7. The lowest BCUT2D eigenvalue weighted by Crippen LogP contribution is -1.89. The molecule has 16 heavy (non-hydrogen) atoms. The SMILES string of the molecule is CC(=O)SCC#Cc1ccc(Cl)cc1CO. The first-order chi connectivity index (χ1) is 7.63. The number of aliphatic hydroxyl groups is 1. The molecule has 1 N–H and O–H groups in total. The van der Waals surface area contributed by atoms with Gasteiger partial charge in [0.2, 0.25) is 0 Å². The van der Waals surface area contributed by atoms with Crippen LogP contribution in [0.2, 0.25) is 5.02 Å². The number of halogens is 1. The summed E-state index contributed by atoms with van der Waals surface area (Å²) in [7, 11) is 0. The van der Waals surface area contributed by atoms with E-state index in [1.807, 2.05) is 0 Å². The van der Waals surface area contributed by atoms with E-state index in [1.54, 1.807) is 18.2 Å². The third kappa shape index (κ3) is 4.28. The highest BCUT2D eigenvalue weighted by Crippen LogP contribution is 2.15. The van der Waals surface area contributed by atoms with Crippen molar-refractivity contribution in [1.82, 2.24) is 0 Å². The van der Waals surface area contributed by atoms with Gasteiger partial charge in [0, 0.05) is 17.5 Å². The van der Waals surface area contributed by atoms with Crippen molar-refractivity contribution in [3.63, 3.8) is 0 Å². The monoisotopic (exact) mass is 254 g/mol. The van der Waals surface area contributed by atoms with Crippen molar-refractivity contribution in [2.24, 2.45) is 0 Å². The molecule has 0 unspecified atom stereocenters. The van der Waals surface area contributed by atoms with Crippen molar-refractivity contribution in [3.05, 3.63) is 34.3 Å². The van der Waals surface area contributed by atoms with Gasteiger partial charge in [0.05, 0.1) is 12.4 Å². The molecule has 0 spiro atoms. The maximum absolute atomic E-state index is 10.7. The second kappa shape index (κ2) is 6.59. The van der Waals surface area contributed by atoms with Crippen molar-refractivity contribution in [2.45, 2.75) is 13.5 Å². The molecular formula is C12H11ClO2S. The van der Waals surface area contributed by atoms with Crippen LogP contribution in [0.3, 0.4) is 0 Å². The molecule has 84 valence electrons. The molecule has 0 saturated carbocycles. The first-order valence-electron chi connectivity index (χ1n) is 4.65. The van der Waals surface area contributed by atoms with E-state index in [2.05, 4.69) is 11.8 Å². The van der Waals surface area contributed by atoms with Gasteiger partial charge in [-0.2, -0.15) is 0 Å². The van der Waals surface area contributed by atoms with Crippen molar-refractivity contribution >= 4 is 28.5 Å². The molecule has 0 atom stereocenters. The molecule has 1 aromatic rings. The second-order valence-electron chi connectivity index (χ2n) is 3.04. The van der Waals surface area contributed by atoms with Gasteiger partial charge >= 0.3 is 0 Å². The second-order valence-corrected chi connectivity index (χ2v) is 4.63. The molecule has 0 amide bonds. The van der Waals surface area contributed by atoms with Gasteiger partial charge in [0.1, 0.15) is 0 Å². The average Bonchev–Trinajstić information content (AvgIpc) is 2.25. The molecule has 0 aliphatic heterocycles. The highest BCUT2D eigenvalue weighted by atomic mass is 35.5. The Morgan fingerprint density at radius 1 is 1.56 bits per heavy atom. The van der Waals surface area contributed by atoms with Gasteiger partial charge in [-0.25, -0.2) is 0 Å². The van der Waals surface area contributed by atoms with Crippen LogP contribution in [0.1, 0.15) is 18.1 Å². The number of aliphatic hydroxyl groups excluding tert-OH is 1. The Morgan fingerprint density at radius 2 is 2.31 bits per heavy atom. The number of hydrogen-bond donors (Lipinski definition) is 1. The number of thioether (sulfide) groups is 1. The van der Waals surface area contributed by atoms with Gasteiger partial charge < -0.3 is 5.11 Å². The largest absolute Gasteiger partial charge is 0.392 e. The highest BCUT2D eigenvalue weighted by molar-refractivity contribution is 8.13. The zero-order valence-corrected chi connectivity index (χ0v) is 10.4. The predicted octanol–water partition coefficient (Wildman–Crippen LogP) is 2.46. The average molecular weight is 255 g/mol. The fourth-order valence-electron chi connectivity index (χ4n) is 1.08. The Bertz CT molecular complexity index is 446. The summed E-state index contributed by atoms with van der Waals surface area (Å²) < 4.78 is 0. The molecule has 2 nitrogen and oxygen atoms in total. The number of benzene rings is 1. The zero-order chi connectivity index (χ0) is 12.0. The summed E-state index contributed by atoms with van der Waals surface area (Å²) in [5.41, 5.74) is 1.45. The summed E-state index contributed by atoms with van der Waals surface area (Å²) in [5.74, 6) is 6.23. The zero-order valence-electron chi connectivity index (χ0n) is 8.79. The molecular weight excluding hydrogens is 244 g/mol. The lowest BCUT2D eigenvalue weighted by atomic mass is 10.1. The molecule has 0 heterocycles. The van der Waals surface area contributed by atoms with Crippen molar-refractivity contribution < 1.29 is 9.90 Å². The third-order valence-electron chi connectivity index (χ3n) is 1.81. The van der Waals surface area contributed by atoms with Gasteiger partial charge in [0.15, 0.2) is 5.12 Å². The lowest BCUT2D eigenvalue weighted by Gasteiger charge is -2.00. The molecule has 1 rings (SSSR count). The van der Waals surface area contributed by atoms with Gasteiger partial charge in [0.25, 0.3) is 0 Å². The Hall–Kier alpha value is -0.950. The lowest BCUT2D eigenvalue weighted by molar-refractivity contribution is -0.109. The van der Waals surface area contributed by atoms with E-state index in [-0.39, 0.29) is 11.7 Å². The highest BCUT2D eigenvalue weighted by Gasteiger charge is 1.99. The Kier molecular flexibility index (Phi) is 5.41. The van der Waals surface area contributed by atoms with E-state index in [0.717, 1.165) is 5.56 Å². The van der Waals surface area contributed by atoms with Crippen molar-refractivity contribution in [1.29, 1.82) is 0 Å². The van der Waals surface area contributed by atoms with Crippen LogP contribution in [0, 0.1) is 11.8 Å². The van der Waals surface area contributed by atoms with Crippen molar-refractivity contribution in [3.8, 4) is 11.8 Å². The minimum Gasteiger partial charge on any atom is -0.392 e. The van der Waals surface area contributed by atoms with Crippen LogP contribution in [0.15, 0.2) is 18.2 Å². The predicted molar refractivity (Wildman–Crippen MR) is 67.4 cm³/mol. The quantitative estimate of drug-likeness (QED) is 0.824. The van der Waals surface area contributed by atoms with E-state index < -0.39 is 0 Å². The van der Waals surface area contributed by atoms with Crippen LogP contribution in [0.4, 0.5) is 0 Å². The standard InChI is InChI=1S/C12H11ClO2S/c1-9(15)16-6-2-3-10-4-5-12(13)7-11(10)8-14/h4-5,7,14H,6,8H2,1H3. The molecule has 0 bridgehead atoms. The molecule has 0 fully saturated rings. The molecule has 0 aromatic heterocycles. The van der Waals surface area contributed by atoms with Gasteiger partial charge in [-0.1, -0.05) is 35.2 Å². The molecule has 0 aliphatic rings. The van der Waals surface area contributed by atoms with Gasteiger partial charge in [-0.3, -0.25) is 4.79 Å². The minimum atomic E-state index is -0.0928. The fourth-order valence-corrected chi connectivity index (χ4v) is 1.63. The van der Waals surface area contributed by atoms with E-state index in [4.69, 9.17) is 16.7 Å². The van der Waals surface area contributed by atoms with Crippen LogP contribution >= 0.6 is 23.4 Å². The Morgan fingerprint density at radius 3 is 2.94 bits per heavy atom. The molecule has 0 aliphatic carbocycles. The van der Waals surface area contributed by atoms with Crippen LogP contribution in [0.25, 0.3) is 0 Å². The Balaban J connectivity index is 2.76. The number of rotatable bonds is 2. The minimum absolute atomic E-state index is 0.0489. The molecule has 0 saturated heterocycles. The normalized spacial score (nSPS) is 9.44. The summed E-state index contributed by atoms with van der Waals surface area (Å²) in [6.45, 7) is 1.41. The first kappa shape index (κ1) is 13.1. The van der Waals surface area contributed by atoms with Crippen LogP contribution in [-0.4, -0.2) is 16.0 Å². The molecule has 0 radical (unpaired) electrons. The summed E-state index contributed by atoms with van der Waals surface area (Å²) in [6, 6.07) is 5.17. The fraction of sp³-hybridized carbons (Fsp3) is 0.250. The molecule has 1 aromatic carbocycles. The van der Waals surface area contributed by atoms with Gasteiger partial charge in [-0.05, 0) is 23.8 Å². The summed E-state index contributed by atoms with van der Waals surface area (Å²) in [6.07, 6.45) is 0. The van der Waals surface area contributed by atoms with E-state index >= 15 is 0 Å². The summed E-state index contributed by atoms with van der Waals surface area (Å²) in [4.78, 5) is 10.7.